The first kappa shape index (κ1) is 11.7. The Bertz CT molecular complexity index is 231. The van der Waals surface area contributed by atoms with E-state index in [-0.39, 0.29) is 0 Å². The predicted octanol–water partition coefficient (Wildman–Crippen LogP) is -3.65. The van der Waals surface area contributed by atoms with Crippen LogP contribution in [0.4, 0.5) is 0 Å². The molecular formula is H6Mo2O9. The van der Waals surface area contributed by atoms with E-state index in [1.165, 1.54) is 0 Å². The van der Waals surface area contributed by atoms with Crippen LogP contribution in [0.5, 0.6) is 0 Å². The molecular weight excluding hydrogens is 336 g/mol. The van der Waals surface area contributed by atoms with E-state index >= 15 is 0 Å². The summed E-state index contributed by atoms with van der Waals surface area (Å²) in [6, 6.07) is 0. The van der Waals surface area contributed by atoms with Crippen LogP contribution in [0.15, 0.2) is 0 Å². The van der Waals surface area contributed by atoms with Crippen molar-refractivity contribution in [1.29, 1.82) is 0 Å². The van der Waals surface area contributed by atoms with Crippen LogP contribution in [0, 0.1) is 0 Å². The molecule has 0 atom stereocenters. The summed E-state index contributed by atoms with van der Waals surface area (Å²) in [5, 5.41) is 0. The summed E-state index contributed by atoms with van der Waals surface area (Å²) in [6.07, 6.45) is 0. The van der Waals surface area contributed by atoms with Gasteiger partial charge in [0.25, 0.3) is 0 Å². The van der Waals surface area contributed by atoms with Crippen molar-refractivity contribution in [2.24, 2.45) is 0 Å². The van der Waals surface area contributed by atoms with Crippen molar-refractivity contribution in [2.45, 2.75) is 0 Å². The Morgan fingerprint density at radius 1 is 0.727 bits per heavy atom. The van der Waals surface area contributed by atoms with Gasteiger partial charge in [0.1, 0.15) is 0 Å². The minimum atomic E-state index is -7.71. The van der Waals surface area contributed by atoms with Gasteiger partial charge in [-0.15, -0.1) is 0 Å². The van der Waals surface area contributed by atoms with Gasteiger partial charge in [-0.1, -0.05) is 0 Å². The fourth-order valence-electron chi connectivity index (χ4n) is 0.208. The summed E-state index contributed by atoms with van der Waals surface area (Å²) in [5.41, 5.74) is 0. The molecule has 0 saturated heterocycles. The van der Waals surface area contributed by atoms with Crippen LogP contribution in [0.3, 0.4) is 0 Å². The van der Waals surface area contributed by atoms with E-state index in [0.29, 0.717) is 0 Å². The van der Waals surface area contributed by atoms with Crippen molar-refractivity contribution in [1.82, 2.24) is 0 Å². The number of hydrogen-bond acceptors (Lipinski definition) is 3. The molecule has 0 aliphatic heterocycles. The van der Waals surface area contributed by atoms with Gasteiger partial charge in [-0.05, 0) is 0 Å². The first-order chi connectivity index (χ1) is 4.21. The molecule has 9 nitrogen and oxygen atoms in total. The van der Waals surface area contributed by atoms with E-state index < -0.39 is 32.6 Å². The summed E-state index contributed by atoms with van der Waals surface area (Å²) in [6.45, 7) is 0. The predicted molar refractivity (Wildman–Crippen MR) is 15.8 cm³/mol. The molecule has 0 rings (SSSR count). The van der Waals surface area contributed by atoms with Crippen molar-refractivity contribution in [3.63, 3.8) is 0 Å². The normalized spacial score (nSPS) is 21.3. The van der Waals surface area contributed by atoms with Crippen molar-refractivity contribution >= 4 is 0 Å². The van der Waals surface area contributed by atoms with Crippen molar-refractivity contribution in [3.8, 4) is 0 Å². The quantitative estimate of drug-likeness (QED) is 0.278. The molecule has 0 fully saturated rings. The molecule has 11 heavy (non-hydrogen) atoms. The molecule has 0 aromatic heterocycles. The number of rotatable bonds is 2. The van der Waals surface area contributed by atoms with Crippen molar-refractivity contribution < 1.29 is 64.0 Å². The summed E-state index contributed by atoms with van der Waals surface area (Å²) in [4.78, 5) is 0. The van der Waals surface area contributed by atoms with Crippen LogP contribution in [-0.2, 0) is 41.4 Å². The number of hydrogen-bond donors (Lipinski definition) is 6. The molecule has 0 aliphatic carbocycles. The van der Waals surface area contributed by atoms with Gasteiger partial charge in [-0.25, -0.2) is 0 Å². The Kier molecular flexibility index (Phi) is 2.27. The third kappa shape index (κ3) is 10.7. The van der Waals surface area contributed by atoms with Gasteiger partial charge in [0.15, 0.2) is 0 Å². The molecule has 0 saturated carbocycles. The van der Waals surface area contributed by atoms with Gasteiger partial charge < -0.3 is 0 Å². The third-order valence-corrected chi connectivity index (χ3v) is 8.33. The monoisotopic (exact) mass is 346 g/mol. The molecule has 0 amide bonds. The molecule has 0 aromatic carbocycles. The van der Waals surface area contributed by atoms with Gasteiger partial charge in [0.05, 0.1) is 0 Å². The molecule has 0 aromatic rings. The minimum absolute atomic E-state index is 2.61. The second-order valence-electron chi connectivity index (χ2n) is 1.59. The van der Waals surface area contributed by atoms with E-state index in [4.69, 9.17) is 22.6 Å². The first-order valence-electron chi connectivity index (χ1n) is 1.76. The van der Waals surface area contributed by atoms with Crippen LogP contribution in [-0.4, -0.2) is 22.6 Å². The van der Waals surface area contributed by atoms with Crippen LogP contribution in [0.1, 0.15) is 0 Å². The first-order valence-corrected chi connectivity index (χ1v) is 10.4. The van der Waals surface area contributed by atoms with Crippen LogP contribution in [0.2, 0.25) is 0 Å². The summed E-state index contributed by atoms with van der Waals surface area (Å²) < 4.78 is 69.7. The average molecular weight is 342 g/mol. The Morgan fingerprint density at radius 2 is 0.909 bits per heavy atom. The summed E-state index contributed by atoms with van der Waals surface area (Å²) in [7, 11) is 0. The molecule has 0 spiro atoms. The van der Waals surface area contributed by atoms with E-state index in [1.807, 2.05) is 0 Å². The topological polar surface area (TPSA) is 165 Å². The Balaban J connectivity index is 4.86. The van der Waals surface area contributed by atoms with E-state index in [9.17, 15) is 6.80 Å². The van der Waals surface area contributed by atoms with Gasteiger partial charge in [0.2, 0.25) is 0 Å². The SMILES string of the molecule is [O]=[Mo]([OH])([OH])([OH])[O][Mo](=[O])([OH])([OH])[OH]. The second kappa shape index (κ2) is 2.14. The van der Waals surface area contributed by atoms with Crippen LogP contribution in [0.25, 0.3) is 0 Å². The summed E-state index contributed by atoms with van der Waals surface area (Å²) >= 11 is -15.4. The van der Waals surface area contributed by atoms with E-state index in [1.54, 1.807) is 0 Å². The zero-order chi connectivity index (χ0) is 9.60. The van der Waals surface area contributed by atoms with Gasteiger partial charge >= 0.3 is 64.0 Å². The molecule has 0 unspecified atom stereocenters. The zero-order valence-corrected chi connectivity index (χ0v) is 8.74. The Labute approximate surface area is 64.0 Å². The molecule has 0 heterocycles. The second-order valence-corrected chi connectivity index (χ2v) is 11.4. The maximum absolute atomic E-state index is 9.91. The van der Waals surface area contributed by atoms with Crippen molar-refractivity contribution in [2.75, 3.05) is 0 Å². The van der Waals surface area contributed by atoms with Crippen LogP contribution < -0.4 is 0 Å². The molecule has 0 aliphatic rings. The molecule has 11 heteroatoms. The Morgan fingerprint density at radius 3 is 0.909 bits per heavy atom. The van der Waals surface area contributed by atoms with Crippen molar-refractivity contribution in [3.05, 3.63) is 0 Å². The van der Waals surface area contributed by atoms with E-state index in [2.05, 4.69) is 2.04 Å². The molecule has 0 radical (unpaired) electrons. The maximum atomic E-state index is 9.91. The molecule has 72 valence electrons. The standard InChI is InChI=1S/2Mo.6H2O.3O/h;;6*1H2;;;/q2*+3;;;;;;;;;/p-6. The van der Waals surface area contributed by atoms with Crippen LogP contribution >= 0.6 is 0 Å². The summed E-state index contributed by atoms with van der Waals surface area (Å²) in [5.74, 6) is 0. The fourth-order valence-corrected chi connectivity index (χ4v) is 7.29. The average Bonchev–Trinajstić information content (AvgIpc) is 1.04. The third-order valence-electron chi connectivity index (χ3n) is 0.238. The van der Waals surface area contributed by atoms with Gasteiger partial charge in [-0.2, -0.15) is 0 Å². The van der Waals surface area contributed by atoms with Gasteiger partial charge in [0, 0.05) is 0 Å². The molecule has 0 bridgehead atoms. The Hall–Kier alpha value is 0.697. The van der Waals surface area contributed by atoms with E-state index in [0.717, 1.165) is 0 Å². The molecule has 6 N–H and O–H groups in total. The zero-order valence-electron chi connectivity index (χ0n) is 4.72. The van der Waals surface area contributed by atoms with Gasteiger partial charge in [-0.3, -0.25) is 0 Å². The fraction of sp³-hybridized carbons (Fsp3) is 0.